The number of rotatable bonds is 9. The van der Waals surface area contributed by atoms with Gasteiger partial charge < -0.3 is 19.8 Å². The van der Waals surface area contributed by atoms with Crippen LogP contribution in [0.4, 0.5) is 0 Å². The maximum absolute atomic E-state index is 11.9. The van der Waals surface area contributed by atoms with Gasteiger partial charge in [0, 0.05) is 6.07 Å². The fraction of sp³-hybridized carbons (Fsp3) is 0.333. The minimum absolute atomic E-state index is 0.0784. The molecule has 2 N–H and O–H groups in total. The summed E-state index contributed by atoms with van der Waals surface area (Å²) >= 11 is 1.08. The molecule has 0 radical (unpaired) electrons. The lowest BCUT2D eigenvalue weighted by molar-refractivity contribution is -0.139. The third-order valence-electron chi connectivity index (χ3n) is 3.35. The second-order valence-corrected chi connectivity index (χ2v) is 6.56. The zero-order valence-corrected chi connectivity index (χ0v) is 15.9. The standard InChI is InChI=1S/C18H21N3O5S/c1-12-4-3-5-14(8-12)26-7-6-19-16(23)11-27-18-20-13(9-15(22)21-18)10-17(24)25-2/h3-5,8-9H,6-7,10-11H2,1-2H3,(H,19,23)(H,20,21,22). The van der Waals surface area contributed by atoms with E-state index in [0.717, 1.165) is 23.1 Å². The zero-order chi connectivity index (χ0) is 19.6. The minimum atomic E-state index is -0.490. The van der Waals surface area contributed by atoms with Crippen molar-refractivity contribution in [3.63, 3.8) is 0 Å². The lowest BCUT2D eigenvalue weighted by Crippen LogP contribution is -2.29. The number of ether oxygens (including phenoxy) is 2. The Labute approximate surface area is 160 Å². The van der Waals surface area contributed by atoms with Crippen LogP contribution in [-0.4, -0.2) is 47.9 Å². The summed E-state index contributed by atoms with van der Waals surface area (Å²) in [4.78, 5) is 41.5. The number of nitrogens with one attached hydrogen (secondary N) is 2. The summed E-state index contributed by atoms with van der Waals surface area (Å²) in [5.41, 5.74) is 1.00. The molecule has 1 amide bonds. The van der Waals surface area contributed by atoms with Crippen molar-refractivity contribution >= 4 is 23.6 Å². The largest absolute Gasteiger partial charge is 0.492 e. The Bertz CT molecular complexity index is 853. The van der Waals surface area contributed by atoms with E-state index < -0.39 is 11.5 Å². The van der Waals surface area contributed by atoms with Gasteiger partial charge >= 0.3 is 5.97 Å². The number of nitrogens with zero attached hydrogens (tertiary/aromatic N) is 1. The summed E-state index contributed by atoms with van der Waals surface area (Å²) in [6.45, 7) is 2.69. The first-order valence-corrected chi connectivity index (χ1v) is 9.21. The van der Waals surface area contributed by atoms with E-state index >= 15 is 0 Å². The summed E-state index contributed by atoms with van der Waals surface area (Å²) in [6, 6.07) is 8.88. The number of carbonyl (C=O) groups excluding carboxylic acids is 2. The van der Waals surface area contributed by atoms with E-state index in [1.54, 1.807) is 0 Å². The van der Waals surface area contributed by atoms with Crippen LogP contribution >= 0.6 is 11.8 Å². The molecule has 8 nitrogen and oxygen atoms in total. The number of aromatic amines is 1. The van der Waals surface area contributed by atoms with E-state index in [4.69, 9.17) is 4.74 Å². The van der Waals surface area contributed by atoms with Gasteiger partial charge in [0.15, 0.2) is 5.16 Å². The number of aromatic nitrogens is 2. The van der Waals surface area contributed by atoms with Crippen LogP contribution < -0.4 is 15.6 Å². The molecule has 2 aromatic rings. The van der Waals surface area contributed by atoms with Gasteiger partial charge in [-0.05, 0) is 24.6 Å². The van der Waals surface area contributed by atoms with Crippen molar-refractivity contribution in [2.45, 2.75) is 18.5 Å². The lowest BCUT2D eigenvalue weighted by Gasteiger charge is -2.08. The molecule has 0 bridgehead atoms. The van der Waals surface area contributed by atoms with Gasteiger partial charge in [-0.1, -0.05) is 23.9 Å². The predicted molar refractivity (Wildman–Crippen MR) is 101 cm³/mol. The van der Waals surface area contributed by atoms with Gasteiger partial charge in [0.2, 0.25) is 5.91 Å². The molecule has 0 saturated carbocycles. The molecule has 0 aliphatic heterocycles. The third-order valence-corrected chi connectivity index (χ3v) is 4.22. The van der Waals surface area contributed by atoms with E-state index in [-0.39, 0.29) is 23.2 Å². The van der Waals surface area contributed by atoms with Crippen LogP contribution in [0.15, 0.2) is 40.3 Å². The molecule has 0 atom stereocenters. The smallest absolute Gasteiger partial charge is 0.311 e. The van der Waals surface area contributed by atoms with Crippen LogP contribution in [0.5, 0.6) is 5.75 Å². The molecule has 27 heavy (non-hydrogen) atoms. The number of amides is 1. The highest BCUT2D eigenvalue weighted by molar-refractivity contribution is 7.99. The molecule has 1 aromatic carbocycles. The number of carbonyl (C=O) groups is 2. The van der Waals surface area contributed by atoms with Crippen molar-refractivity contribution < 1.29 is 19.1 Å². The number of methoxy groups -OCH3 is 1. The molecule has 0 spiro atoms. The highest BCUT2D eigenvalue weighted by Crippen LogP contribution is 2.12. The van der Waals surface area contributed by atoms with E-state index in [0.29, 0.717) is 18.8 Å². The Balaban J connectivity index is 1.75. The number of benzene rings is 1. The summed E-state index contributed by atoms with van der Waals surface area (Å²) in [7, 11) is 1.26. The first-order chi connectivity index (χ1) is 13.0. The van der Waals surface area contributed by atoms with Crippen LogP contribution in [0, 0.1) is 6.92 Å². The molecule has 1 heterocycles. The average molecular weight is 391 g/mol. The molecular weight excluding hydrogens is 370 g/mol. The number of hydrogen-bond donors (Lipinski definition) is 2. The maximum Gasteiger partial charge on any atom is 0.311 e. The molecule has 0 aliphatic rings. The molecular formula is C18H21N3O5S. The van der Waals surface area contributed by atoms with Crippen molar-refractivity contribution in [3.05, 3.63) is 51.9 Å². The van der Waals surface area contributed by atoms with Crippen LogP contribution in [0.2, 0.25) is 0 Å². The predicted octanol–water partition coefficient (Wildman–Crippen LogP) is 1.08. The number of H-pyrrole nitrogens is 1. The Morgan fingerprint density at radius 2 is 2.11 bits per heavy atom. The highest BCUT2D eigenvalue weighted by atomic mass is 32.2. The van der Waals surface area contributed by atoms with Gasteiger partial charge in [-0.25, -0.2) is 4.98 Å². The van der Waals surface area contributed by atoms with Gasteiger partial charge in [0.05, 0.1) is 31.5 Å². The van der Waals surface area contributed by atoms with E-state index in [1.165, 1.54) is 13.2 Å². The van der Waals surface area contributed by atoms with Crippen LogP contribution in [0.1, 0.15) is 11.3 Å². The number of aryl methyl sites for hydroxylation is 1. The fourth-order valence-corrected chi connectivity index (χ4v) is 2.84. The van der Waals surface area contributed by atoms with E-state index in [2.05, 4.69) is 20.0 Å². The second kappa shape index (κ2) is 10.4. The van der Waals surface area contributed by atoms with Gasteiger partial charge in [-0.2, -0.15) is 0 Å². The quantitative estimate of drug-likeness (QED) is 0.285. The molecule has 0 fully saturated rings. The Morgan fingerprint density at radius 3 is 2.85 bits per heavy atom. The average Bonchev–Trinajstić information content (AvgIpc) is 2.63. The first-order valence-electron chi connectivity index (χ1n) is 8.22. The van der Waals surface area contributed by atoms with Gasteiger partial charge in [-0.3, -0.25) is 14.4 Å². The summed E-state index contributed by atoms with van der Waals surface area (Å²) in [5, 5.41) is 3.00. The van der Waals surface area contributed by atoms with Crippen molar-refractivity contribution in [1.82, 2.24) is 15.3 Å². The van der Waals surface area contributed by atoms with Crippen molar-refractivity contribution in [2.75, 3.05) is 26.0 Å². The molecule has 0 aliphatic carbocycles. The molecule has 144 valence electrons. The summed E-state index contributed by atoms with van der Waals surface area (Å²) in [6.07, 6.45) is -0.101. The SMILES string of the molecule is COC(=O)Cc1cc(=O)[nH]c(SCC(=O)NCCOc2cccc(C)c2)n1. The molecule has 9 heteroatoms. The molecule has 1 aromatic heterocycles. The molecule has 2 rings (SSSR count). The Kier molecular flexibility index (Phi) is 7.87. The van der Waals surface area contributed by atoms with Crippen molar-refractivity contribution in [1.29, 1.82) is 0 Å². The van der Waals surface area contributed by atoms with Gasteiger partial charge in [0.25, 0.3) is 5.56 Å². The zero-order valence-electron chi connectivity index (χ0n) is 15.1. The Hall–Kier alpha value is -2.81. The number of hydrogen-bond acceptors (Lipinski definition) is 7. The first kappa shape index (κ1) is 20.5. The minimum Gasteiger partial charge on any atom is -0.492 e. The number of esters is 1. The third kappa shape index (κ3) is 7.53. The Morgan fingerprint density at radius 1 is 1.30 bits per heavy atom. The van der Waals surface area contributed by atoms with Crippen LogP contribution in [-0.2, 0) is 20.7 Å². The van der Waals surface area contributed by atoms with Gasteiger partial charge in [-0.15, -0.1) is 0 Å². The van der Waals surface area contributed by atoms with E-state index in [1.807, 2.05) is 31.2 Å². The van der Waals surface area contributed by atoms with E-state index in [9.17, 15) is 14.4 Å². The summed E-state index contributed by atoms with van der Waals surface area (Å²) in [5.74, 6) is 0.127. The van der Waals surface area contributed by atoms with Crippen molar-refractivity contribution in [2.24, 2.45) is 0 Å². The summed E-state index contributed by atoms with van der Waals surface area (Å²) < 4.78 is 10.1. The lowest BCUT2D eigenvalue weighted by atomic mass is 10.2. The highest BCUT2D eigenvalue weighted by Gasteiger charge is 2.09. The maximum atomic E-state index is 11.9. The second-order valence-electron chi connectivity index (χ2n) is 5.60. The fourth-order valence-electron chi connectivity index (χ4n) is 2.11. The van der Waals surface area contributed by atoms with Crippen LogP contribution in [0.25, 0.3) is 0 Å². The molecule has 0 unspecified atom stereocenters. The topological polar surface area (TPSA) is 110 Å². The van der Waals surface area contributed by atoms with Crippen molar-refractivity contribution in [3.8, 4) is 5.75 Å². The monoisotopic (exact) mass is 391 g/mol. The normalized spacial score (nSPS) is 10.3. The molecule has 0 saturated heterocycles. The number of thioether (sulfide) groups is 1. The van der Waals surface area contributed by atoms with Crippen LogP contribution in [0.3, 0.4) is 0 Å². The van der Waals surface area contributed by atoms with Gasteiger partial charge in [0.1, 0.15) is 12.4 Å².